The zero-order chi connectivity index (χ0) is 11.2. The lowest BCUT2D eigenvalue weighted by Crippen LogP contribution is -2.14. The second kappa shape index (κ2) is 5.99. The fourth-order valence-corrected chi connectivity index (χ4v) is 2.16. The van der Waals surface area contributed by atoms with Crippen molar-refractivity contribution in [1.29, 1.82) is 0 Å². The smallest absolute Gasteiger partial charge is 0.0719 e. The molecule has 0 unspecified atom stereocenters. The summed E-state index contributed by atoms with van der Waals surface area (Å²) in [7, 11) is 0. The maximum Gasteiger partial charge on any atom is 0.0719 e. The molecule has 0 saturated carbocycles. The van der Waals surface area contributed by atoms with Crippen LogP contribution in [0, 0.1) is 0 Å². The lowest BCUT2D eigenvalue weighted by atomic mass is 9.91. The molecule has 1 aliphatic heterocycles. The van der Waals surface area contributed by atoms with Gasteiger partial charge in [-0.05, 0) is 36.3 Å². The maximum atomic E-state index is 5.37. The molecule has 1 aromatic rings. The third-order valence-corrected chi connectivity index (χ3v) is 3.18. The average molecular weight is 221 g/mol. The van der Waals surface area contributed by atoms with Gasteiger partial charge in [0.2, 0.25) is 0 Å². The van der Waals surface area contributed by atoms with Crippen molar-refractivity contribution in [2.75, 3.05) is 19.8 Å². The molecule has 16 heavy (non-hydrogen) atoms. The summed E-state index contributed by atoms with van der Waals surface area (Å²) in [6.07, 6.45) is 3.17. The molecule has 0 amide bonds. The minimum absolute atomic E-state index is 0.580. The van der Waals surface area contributed by atoms with Crippen molar-refractivity contribution in [3.8, 4) is 0 Å². The van der Waals surface area contributed by atoms with Gasteiger partial charge >= 0.3 is 0 Å². The van der Waals surface area contributed by atoms with E-state index in [1.54, 1.807) is 0 Å². The van der Waals surface area contributed by atoms with Crippen molar-refractivity contribution >= 4 is 0 Å². The Hall–Kier alpha value is -0.900. The van der Waals surface area contributed by atoms with Crippen molar-refractivity contribution < 1.29 is 9.57 Å². The van der Waals surface area contributed by atoms with E-state index in [9.17, 15) is 0 Å². The van der Waals surface area contributed by atoms with Gasteiger partial charge < -0.3 is 9.57 Å². The van der Waals surface area contributed by atoms with E-state index < -0.39 is 0 Å². The Morgan fingerprint density at radius 1 is 1.19 bits per heavy atom. The van der Waals surface area contributed by atoms with Gasteiger partial charge in [0.05, 0.1) is 6.61 Å². The summed E-state index contributed by atoms with van der Waals surface area (Å²) in [5.74, 6) is 5.68. The minimum Gasteiger partial charge on any atom is -0.381 e. The van der Waals surface area contributed by atoms with Crippen LogP contribution in [0.25, 0.3) is 0 Å². The molecular weight excluding hydrogens is 202 g/mol. The van der Waals surface area contributed by atoms with Crippen molar-refractivity contribution in [3.63, 3.8) is 0 Å². The number of hydrogen-bond acceptors (Lipinski definition) is 3. The molecule has 1 saturated heterocycles. The molecule has 0 bridgehead atoms. The quantitative estimate of drug-likeness (QED) is 0.791. The van der Waals surface area contributed by atoms with Gasteiger partial charge in [-0.3, -0.25) is 0 Å². The fraction of sp³-hybridized carbons (Fsp3) is 0.538. The fourth-order valence-electron chi connectivity index (χ4n) is 2.16. The van der Waals surface area contributed by atoms with Crippen molar-refractivity contribution in [2.45, 2.75) is 25.2 Å². The largest absolute Gasteiger partial charge is 0.381 e. The van der Waals surface area contributed by atoms with Crippen molar-refractivity contribution in [1.82, 2.24) is 0 Å². The number of nitrogens with two attached hydrogens (primary N) is 1. The highest BCUT2D eigenvalue weighted by Gasteiger charge is 2.15. The van der Waals surface area contributed by atoms with Crippen molar-refractivity contribution in [3.05, 3.63) is 35.4 Å². The monoisotopic (exact) mass is 221 g/mol. The van der Waals surface area contributed by atoms with E-state index in [1.165, 1.54) is 11.1 Å². The second-order valence-corrected chi connectivity index (χ2v) is 4.25. The van der Waals surface area contributed by atoms with Crippen LogP contribution in [0.1, 0.15) is 29.9 Å². The van der Waals surface area contributed by atoms with E-state index in [1.807, 2.05) is 0 Å². The van der Waals surface area contributed by atoms with E-state index in [0.717, 1.165) is 32.5 Å². The molecule has 3 nitrogen and oxygen atoms in total. The van der Waals surface area contributed by atoms with Crippen LogP contribution in [0.4, 0.5) is 0 Å². The lowest BCUT2D eigenvalue weighted by Gasteiger charge is -2.22. The molecule has 0 atom stereocenters. The van der Waals surface area contributed by atoms with Crippen LogP contribution in [-0.2, 0) is 16.0 Å². The zero-order valence-corrected chi connectivity index (χ0v) is 9.52. The van der Waals surface area contributed by atoms with Gasteiger partial charge in [0.15, 0.2) is 0 Å². The van der Waals surface area contributed by atoms with Crippen LogP contribution < -0.4 is 5.90 Å². The molecule has 1 aromatic carbocycles. The summed E-state index contributed by atoms with van der Waals surface area (Å²) in [5.41, 5.74) is 2.71. The third kappa shape index (κ3) is 3.04. The Kier molecular flexibility index (Phi) is 4.34. The molecule has 88 valence electrons. The molecule has 1 aliphatic rings. The SMILES string of the molecule is NOCCc1ccc(C2CCOCC2)cc1. The molecular formula is C13H19NO2. The summed E-state index contributed by atoms with van der Waals surface area (Å²) in [6.45, 7) is 2.37. The van der Waals surface area contributed by atoms with Gasteiger partial charge in [0.1, 0.15) is 0 Å². The van der Waals surface area contributed by atoms with Gasteiger partial charge in [-0.1, -0.05) is 24.3 Å². The first-order chi connectivity index (χ1) is 7.90. The molecule has 0 spiro atoms. The summed E-state index contributed by atoms with van der Waals surface area (Å²) in [5, 5.41) is 0. The van der Waals surface area contributed by atoms with Crippen LogP contribution in [-0.4, -0.2) is 19.8 Å². The molecule has 0 radical (unpaired) electrons. The maximum absolute atomic E-state index is 5.37. The van der Waals surface area contributed by atoms with E-state index in [2.05, 4.69) is 29.1 Å². The van der Waals surface area contributed by atoms with Gasteiger partial charge in [0.25, 0.3) is 0 Å². The molecule has 3 heteroatoms. The van der Waals surface area contributed by atoms with Gasteiger partial charge in [-0.15, -0.1) is 0 Å². The van der Waals surface area contributed by atoms with E-state index in [-0.39, 0.29) is 0 Å². The predicted molar refractivity (Wildman–Crippen MR) is 63.1 cm³/mol. The second-order valence-electron chi connectivity index (χ2n) is 4.25. The van der Waals surface area contributed by atoms with E-state index in [4.69, 9.17) is 10.6 Å². The number of hydrogen-bond donors (Lipinski definition) is 1. The number of benzene rings is 1. The van der Waals surface area contributed by atoms with Gasteiger partial charge in [-0.2, -0.15) is 0 Å². The Labute approximate surface area is 96.5 Å². The highest BCUT2D eigenvalue weighted by molar-refractivity contribution is 5.25. The first-order valence-corrected chi connectivity index (χ1v) is 5.88. The summed E-state index contributed by atoms with van der Waals surface area (Å²) >= 11 is 0. The van der Waals surface area contributed by atoms with Crippen LogP contribution in [0.3, 0.4) is 0 Å². The molecule has 2 rings (SSSR count). The third-order valence-electron chi connectivity index (χ3n) is 3.18. The van der Waals surface area contributed by atoms with Crippen LogP contribution in [0.2, 0.25) is 0 Å². The van der Waals surface area contributed by atoms with E-state index in [0.29, 0.717) is 12.5 Å². The first-order valence-electron chi connectivity index (χ1n) is 5.88. The normalized spacial score (nSPS) is 17.6. The number of ether oxygens (including phenoxy) is 1. The van der Waals surface area contributed by atoms with Crippen LogP contribution in [0.15, 0.2) is 24.3 Å². The Morgan fingerprint density at radius 3 is 2.50 bits per heavy atom. The topological polar surface area (TPSA) is 44.5 Å². The minimum atomic E-state index is 0.580. The zero-order valence-electron chi connectivity index (χ0n) is 9.52. The average Bonchev–Trinajstić information content (AvgIpc) is 2.38. The summed E-state index contributed by atoms with van der Waals surface area (Å²) in [4.78, 5) is 4.58. The van der Waals surface area contributed by atoms with Crippen LogP contribution in [0.5, 0.6) is 0 Å². The summed E-state index contributed by atoms with van der Waals surface area (Å²) in [6, 6.07) is 8.79. The highest BCUT2D eigenvalue weighted by Crippen LogP contribution is 2.26. The van der Waals surface area contributed by atoms with Gasteiger partial charge in [0, 0.05) is 13.2 Å². The molecule has 1 fully saturated rings. The lowest BCUT2D eigenvalue weighted by molar-refractivity contribution is 0.0853. The van der Waals surface area contributed by atoms with E-state index >= 15 is 0 Å². The Bertz CT molecular complexity index is 304. The summed E-state index contributed by atoms with van der Waals surface area (Å²) < 4.78 is 5.37. The Morgan fingerprint density at radius 2 is 1.88 bits per heavy atom. The molecule has 2 N–H and O–H groups in total. The highest BCUT2D eigenvalue weighted by atomic mass is 16.6. The number of rotatable bonds is 4. The van der Waals surface area contributed by atoms with Crippen molar-refractivity contribution in [2.24, 2.45) is 5.90 Å². The molecule has 1 heterocycles. The molecule has 0 aliphatic carbocycles. The molecule has 0 aromatic heterocycles. The standard InChI is InChI=1S/C13H19NO2/c14-16-10-5-11-1-3-12(4-2-11)13-6-8-15-9-7-13/h1-4,13H,5-10,14H2. The predicted octanol–water partition coefficient (Wildman–Crippen LogP) is 2.01. The van der Waals surface area contributed by atoms with Crippen LogP contribution >= 0.6 is 0 Å². The van der Waals surface area contributed by atoms with Gasteiger partial charge in [-0.25, -0.2) is 5.90 Å². The Balaban J connectivity index is 1.95. The first kappa shape index (κ1) is 11.6.